The molecule has 0 aromatic carbocycles. The minimum absolute atomic E-state index is 0.747. The van der Waals surface area contributed by atoms with Crippen molar-refractivity contribution in [2.45, 2.75) is 13.8 Å². The van der Waals surface area contributed by atoms with Crippen molar-refractivity contribution >= 4 is 23.3 Å². The van der Waals surface area contributed by atoms with Gasteiger partial charge >= 0.3 is 0 Å². The maximum Gasteiger partial charge on any atom is 0.209 e. The van der Waals surface area contributed by atoms with Gasteiger partial charge in [0.25, 0.3) is 0 Å². The third-order valence-corrected chi connectivity index (χ3v) is 3.48. The molecule has 0 saturated carbocycles. The van der Waals surface area contributed by atoms with Crippen molar-refractivity contribution in [3.8, 4) is 0 Å². The first kappa shape index (κ1) is 12.0. The third-order valence-electron chi connectivity index (χ3n) is 3.48. The summed E-state index contributed by atoms with van der Waals surface area (Å²) in [4.78, 5) is 27.0. The highest BCUT2D eigenvalue weighted by atomic mass is 16.1. The number of nitrogens with one attached hydrogen (secondary N) is 1. The highest BCUT2D eigenvalue weighted by Gasteiger charge is 2.20. The van der Waals surface area contributed by atoms with Crippen LogP contribution in [0.25, 0.3) is 11.0 Å². The zero-order valence-corrected chi connectivity index (χ0v) is 11.2. The molecule has 19 heavy (non-hydrogen) atoms. The van der Waals surface area contributed by atoms with E-state index in [1.807, 2.05) is 13.8 Å². The SMILES string of the molecule is Cc1nc(N2CCN(C=O)CC2)c2cc(C)[nH]c2n1. The summed E-state index contributed by atoms with van der Waals surface area (Å²) in [5.74, 6) is 1.74. The Morgan fingerprint density at radius 1 is 1.21 bits per heavy atom. The van der Waals surface area contributed by atoms with E-state index in [0.717, 1.165) is 61.0 Å². The number of fused-ring (bicyclic) bond motifs is 1. The molecular formula is C13H17N5O. The molecule has 1 saturated heterocycles. The Morgan fingerprint density at radius 3 is 2.63 bits per heavy atom. The molecule has 1 aliphatic rings. The van der Waals surface area contributed by atoms with Gasteiger partial charge in [-0.05, 0) is 19.9 Å². The molecule has 0 spiro atoms. The van der Waals surface area contributed by atoms with Crippen LogP contribution in [0.15, 0.2) is 6.07 Å². The molecule has 2 aromatic heterocycles. The van der Waals surface area contributed by atoms with Crippen LogP contribution in [-0.2, 0) is 4.79 Å². The maximum absolute atomic E-state index is 10.7. The largest absolute Gasteiger partial charge is 0.352 e. The third kappa shape index (κ3) is 2.14. The second-order valence-electron chi connectivity index (χ2n) is 4.94. The lowest BCUT2D eigenvalue weighted by molar-refractivity contribution is -0.118. The normalized spacial score (nSPS) is 16.1. The van der Waals surface area contributed by atoms with Gasteiger partial charge in [0.15, 0.2) is 0 Å². The number of hydrogen-bond acceptors (Lipinski definition) is 4. The quantitative estimate of drug-likeness (QED) is 0.812. The first-order valence-corrected chi connectivity index (χ1v) is 6.45. The Labute approximate surface area is 111 Å². The van der Waals surface area contributed by atoms with Gasteiger partial charge in [0.2, 0.25) is 6.41 Å². The van der Waals surface area contributed by atoms with Crippen LogP contribution >= 0.6 is 0 Å². The van der Waals surface area contributed by atoms with Gasteiger partial charge in [-0.2, -0.15) is 0 Å². The van der Waals surface area contributed by atoms with E-state index in [-0.39, 0.29) is 0 Å². The summed E-state index contributed by atoms with van der Waals surface area (Å²) in [5, 5.41) is 1.06. The number of aromatic nitrogens is 3. The predicted octanol–water partition coefficient (Wildman–Crippen LogP) is 0.853. The summed E-state index contributed by atoms with van der Waals surface area (Å²) in [6.07, 6.45) is 0.915. The van der Waals surface area contributed by atoms with E-state index in [9.17, 15) is 4.79 Å². The van der Waals surface area contributed by atoms with Gasteiger partial charge in [-0.15, -0.1) is 0 Å². The number of anilines is 1. The number of piperazine rings is 1. The van der Waals surface area contributed by atoms with Crippen LogP contribution < -0.4 is 4.90 Å². The Balaban J connectivity index is 1.98. The molecule has 6 nitrogen and oxygen atoms in total. The number of nitrogens with zero attached hydrogens (tertiary/aromatic N) is 4. The van der Waals surface area contributed by atoms with E-state index in [0.29, 0.717) is 0 Å². The van der Waals surface area contributed by atoms with Crippen LogP contribution in [0, 0.1) is 13.8 Å². The number of amides is 1. The van der Waals surface area contributed by atoms with E-state index in [2.05, 4.69) is 25.9 Å². The van der Waals surface area contributed by atoms with Crippen molar-refractivity contribution in [1.82, 2.24) is 19.9 Å². The zero-order chi connectivity index (χ0) is 13.4. The van der Waals surface area contributed by atoms with E-state index >= 15 is 0 Å². The van der Waals surface area contributed by atoms with Crippen molar-refractivity contribution < 1.29 is 4.79 Å². The van der Waals surface area contributed by atoms with Crippen LogP contribution in [0.2, 0.25) is 0 Å². The molecule has 0 radical (unpaired) electrons. The van der Waals surface area contributed by atoms with E-state index in [1.165, 1.54) is 0 Å². The second-order valence-corrected chi connectivity index (χ2v) is 4.94. The molecule has 0 bridgehead atoms. The molecule has 1 N–H and O–H groups in total. The van der Waals surface area contributed by atoms with Crippen molar-refractivity contribution in [2.75, 3.05) is 31.1 Å². The Bertz CT molecular complexity index is 613. The van der Waals surface area contributed by atoms with Crippen LogP contribution in [0.1, 0.15) is 11.5 Å². The lowest BCUT2D eigenvalue weighted by Gasteiger charge is -2.33. The summed E-state index contributed by atoms with van der Waals surface area (Å²) in [5.41, 5.74) is 1.97. The summed E-state index contributed by atoms with van der Waals surface area (Å²) in [6.45, 7) is 7.05. The standard InChI is InChI=1S/C13H17N5O/c1-9-7-11-12(14-9)15-10(2)16-13(11)18-5-3-17(8-19)4-6-18/h7-8H,3-6H2,1-2H3,(H,14,15,16). The van der Waals surface area contributed by atoms with Crippen molar-refractivity contribution in [1.29, 1.82) is 0 Å². The van der Waals surface area contributed by atoms with E-state index in [4.69, 9.17) is 0 Å². The summed E-state index contributed by atoms with van der Waals surface area (Å²) >= 11 is 0. The van der Waals surface area contributed by atoms with Crippen LogP contribution in [0.4, 0.5) is 5.82 Å². The van der Waals surface area contributed by atoms with Crippen molar-refractivity contribution in [3.05, 3.63) is 17.6 Å². The molecule has 100 valence electrons. The van der Waals surface area contributed by atoms with E-state index < -0.39 is 0 Å². The van der Waals surface area contributed by atoms with Gasteiger partial charge in [-0.3, -0.25) is 4.79 Å². The lowest BCUT2D eigenvalue weighted by Crippen LogP contribution is -2.46. The zero-order valence-electron chi connectivity index (χ0n) is 11.2. The molecule has 0 atom stereocenters. The van der Waals surface area contributed by atoms with Crippen molar-refractivity contribution in [3.63, 3.8) is 0 Å². The average Bonchev–Trinajstić information content (AvgIpc) is 2.78. The first-order chi connectivity index (χ1) is 9.17. The lowest BCUT2D eigenvalue weighted by atomic mass is 10.2. The monoisotopic (exact) mass is 259 g/mol. The Hall–Kier alpha value is -2.11. The summed E-state index contributed by atoms with van der Waals surface area (Å²) in [7, 11) is 0. The molecule has 3 heterocycles. The van der Waals surface area contributed by atoms with Crippen LogP contribution in [0.5, 0.6) is 0 Å². The fourth-order valence-corrected chi connectivity index (χ4v) is 2.51. The minimum atomic E-state index is 0.747. The molecular weight excluding hydrogens is 242 g/mol. The van der Waals surface area contributed by atoms with Gasteiger partial charge in [-0.1, -0.05) is 0 Å². The number of aryl methyl sites for hydroxylation is 2. The summed E-state index contributed by atoms with van der Waals surface area (Å²) < 4.78 is 0. The number of carbonyl (C=O) groups is 1. The predicted molar refractivity (Wildman–Crippen MR) is 73.2 cm³/mol. The minimum Gasteiger partial charge on any atom is -0.352 e. The first-order valence-electron chi connectivity index (χ1n) is 6.45. The van der Waals surface area contributed by atoms with Gasteiger partial charge < -0.3 is 14.8 Å². The molecule has 2 aromatic rings. The Morgan fingerprint density at radius 2 is 1.95 bits per heavy atom. The molecule has 1 amide bonds. The topological polar surface area (TPSA) is 65.1 Å². The average molecular weight is 259 g/mol. The van der Waals surface area contributed by atoms with Gasteiger partial charge in [0.1, 0.15) is 17.3 Å². The van der Waals surface area contributed by atoms with Gasteiger partial charge in [-0.25, -0.2) is 9.97 Å². The number of hydrogen-bond donors (Lipinski definition) is 1. The molecule has 0 aliphatic carbocycles. The Kier molecular flexibility index (Phi) is 2.85. The number of H-pyrrole nitrogens is 1. The molecule has 6 heteroatoms. The summed E-state index contributed by atoms with van der Waals surface area (Å²) in [6, 6.07) is 2.08. The van der Waals surface area contributed by atoms with Gasteiger partial charge in [0.05, 0.1) is 5.39 Å². The van der Waals surface area contributed by atoms with Gasteiger partial charge in [0, 0.05) is 31.9 Å². The maximum atomic E-state index is 10.7. The highest BCUT2D eigenvalue weighted by Crippen LogP contribution is 2.25. The van der Waals surface area contributed by atoms with Crippen molar-refractivity contribution in [2.24, 2.45) is 0 Å². The fraction of sp³-hybridized carbons (Fsp3) is 0.462. The van der Waals surface area contributed by atoms with Crippen LogP contribution in [0.3, 0.4) is 0 Å². The number of aromatic amines is 1. The molecule has 0 unspecified atom stereocenters. The molecule has 3 rings (SSSR count). The second kappa shape index (κ2) is 4.53. The molecule has 1 aliphatic heterocycles. The molecule has 1 fully saturated rings. The fourth-order valence-electron chi connectivity index (χ4n) is 2.51. The van der Waals surface area contributed by atoms with Crippen LogP contribution in [-0.4, -0.2) is 52.4 Å². The smallest absolute Gasteiger partial charge is 0.209 e. The number of carbonyl (C=O) groups excluding carboxylic acids is 1. The number of rotatable bonds is 2. The van der Waals surface area contributed by atoms with E-state index in [1.54, 1.807) is 4.90 Å². The highest BCUT2D eigenvalue weighted by molar-refractivity contribution is 5.88.